The van der Waals surface area contributed by atoms with Gasteiger partial charge in [0.1, 0.15) is 11.9 Å². The van der Waals surface area contributed by atoms with E-state index < -0.39 is 15.9 Å². The molecule has 1 aliphatic heterocycles. The smallest absolute Gasteiger partial charge is 0.281 e. The Bertz CT molecular complexity index is 1330. The van der Waals surface area contributed by atoms with Crippen LogP contribution >= 0.6 is 0 Å². The normalized spacial score (nSPS) is 29.9. The van der Waals surface area contributed by atoms with Crippen LogP contribution in [0.4, 0.5) is 5.82 Å². The predicted molar refractivity (Wildman–Crippen MR) is 144 cm³/mol. The molecule has 2 aromatic heterocycles. The number of nitrogens with zero attached hydrogens (tertiary/aromatic N) is 3. The average molecular weight is 529 g/mol. The van der Waals surface area contributed by atoms with Crippen molar-refractivity contribution in [2.45, 2.75) is 83.9 Å². The molecule has 1 saturated heterocycles. The number of sulfonamides is 1. The van der Waals surface area contributed by atoms with E-state index in [-0.39, 0.29) is 40.4 Å². The van der Waals surface area contributed by atoms with Crippen LogP contribution < -0.4 is 14.4 Å². The van der Waals surface area contributed by atoms with Crippen molar-refractivity contribution in [3.05, 3.63) is 42.1 Å². The van der Waals surface area contributed by atoms with Gasteiger partial charge in [-0.3, -0.25) is 4.79 Å². The highest BCUT2D eigenvalue weighted by Crippen LogP contribution is 2.66. The minimum absolute atomic E-state index is 0. The van der Waals surface area contributed by atoms with Gasteiger partial charge in [0.2, 0.25) is 5.88 Å². The molecule has 0 spiro atoms. The van der Waals surface area contributed by atoms with Gasteiger partial charge in [0.15, 0.2) is 5.03 Å². The van der Waals surface area contributed by atoms with E-state index in [4.69, 9.17) is 4.74 Å². The first kappa shape index (κ1) is 25.9. The van der Waals surface area contributed by atoms with Crippen molar-refractivity contribution in [3.8, 4) is 5.88 Å². The van der Waals surface area contributed by atoms with Crippen molar-refractivity contribution < 1.29 is 19.4 Å². The van der Waals surface area contributed by atoms with Crippen LogP contribution in [-0.2, 0) is 10.0 Å². The van der Waals surface area contributed by atoms with E-state index in [0.29, 0.717) is 17.7 Å². The number of nitrogens with one attached hydrogen (secondary N) is 1. The van der Waals surface area contributed by atoms with E-state index in [0.717, 1.165) is 25.8 Å². The van der Waals surface area contributed by atoms with Crippen molar-refractivity contribution in [2.24, 2.45) is 22.7 Å². The van der Waals surface area contributed by atoms with E-state index in [2.05, 4.69) is 61.1 Å². The minimum Gasteiger partial charge on any atom is -0.474 e. The van der Waals surface area contributed by atoms with E-state index >= 15 is 0 Å². The molecule has 4 atom stereocenters. The molecule has 2 saturated carbocycles. The van der Waals surface area contributed by atoms with Gasteiger partial charge < -0.3 is 9.64 Å². The summed E-state index contributed by atoms with van der Waals surface area (Å²) in [7, 11) is -4.23. The van der Waals surface area contributed by atoms with Crippen molar-refractivity contribution in [1.82, 2.24) is 14.7 Å². The third-order valence-electron chi connectivity index (χ3n) is 9.54. The first-order valence-electron chi connectivity index (χ1n) is 13.2. The third kappa shape index (κ3) is 4.29. The molecular formula is C28H40N4O4S. The van der Waals surface area contributed by atoms with Gasteiger partial charge in [-0.25, -0.2) is 9.71 Å². The number of carbonyl (C=O) groups is 1. The Kier molecular flexibility index (Phi) is 6.09. The summed E-state index contributed by atoms with van der Waals surface area (Å²) in [5, 5.41) is -0.244. The van der Waals surface area contributed by atoms with Crippen LogP contribution in [0.5, 0.6) is 5.88 Å². The molecule has 4 unspecified atom stereocenters. The molecule has 0 radical (unpaired) electrons. The lowest BCUT2D eigenvalue weighted by atomic mass is 9.70. The number of hydrogen-bond donors (Lipinski definition) is 1. The van der Waals surface area contributed by atoms with Crippen molar-refractivity contribution >= 4 is 21.7 Å². The van der Waals surface area contributed by atoms with Crippen LogP contribution in [-0.4, -0.2) is 42.5 Å². The summed E-state index contributed by atoms with van der Waals surface area (Å²) in [6.45, 7) is 14.0. The second-order valence-corrected chi connectivity index (χ2v) is 14.2. The van der Waals surface area contributed by atoms with Gasteiger partial charge >= 0.3 is 0 Å². The first-order chi connectivity index (χ1) is 17.2. The lowest BCUT2D eigenvalue weighted by molar-refractivity contribution is 0.0269. The van der Waals surface area contributed by atoms with Gasteiger partial charge in [-0.05, 0) is 75.0 Å². The number of anilines is 1. The van der Waals surface area contributed by atoms with Crippen LogP contribution in [0.2, 0.25) is 0 Å². The van der Waals surface area contributed by atoms with Crippen LogP contribution in [0.15, 0.2) is 41.6 Å². The van der Waals surface area contributed by atoms with Gasteiger partial charge in [-0.2, -0.15) is 13.4 Å². The topological polar surface area (TPSA) is 101 Å². The SMILES string of the molecule is CC1CN(c2ncccc2C(=O)NS(=O)(=O)c2cccc(OC3CC4CCC3(C)C4(C)C)n2)C(C)(C)C1.[HH]. The lowest BCUT2D eigenvalue weighted by Crippen LogP contribution is -2.41. The molecule has 202 valence electrons. The van der Waals surface area contributed by atoms with Crippen LogP contribution in [0.3, 0.4) is 0 Å². The number of aromatic nitrogens is 2. The maximum atomic E-state index is 13.3. The van der Waals surface area contributed by atoms with Gasteiger partial charge in [0.25, 0.3) is 15.9 Å². The van der Waals surface area contributed by atoms with Crippen LogP contribution in [0.1, 0.15) is 79.0 Å². The zero-order chi connectivity index (χ0) is 26.8. The molecule has 1 N–H and O–H groups in total. The molecule has 8 nitrogen and oxygen atoms in total. The highest BCUT2D eigenvalue weighted by Gasteiger charge is 2.62. The molecule has 2 aliphatic carbocycles. The van der Waals surface area contributed by atoms with Gasteiger partial charge in [0, 0.05) is 31.2 Å². The zero-order valence-electron chi connectivity index (χ0n) is 22.6. The Labute approximate surface area is 221 Å². The summed E-state index contributed by atoms with van der Waals surface area (Å²) in [6, 6.07) is 7.91. The van der Waals surface area contributed by atoms with E-state index in [9.17, 15) is 13.2 Å². The summed E-state index contributed by atoms with van der Waals surface area (Å²) in [6.07, 6.45) is 5.78. The molecule has 2 aromatic rings. The number of amides is 1. The summed E-state index contributed by atoms with van der Waals surface area (Å²) < 4.78 is 35.0. The Morgan fingerprint density at radius 3 is 2.54 bits per heavy atom. The second-order valence-electron chi connectivity index (χ2n) is 12.6. The average Bonchev–Trinajstić information content (AvgIpc) is 3.30. The molecule has 0 aromatic carbocycles. The molecule has 3 aliphatic rings. The standard InChI is InChI=1S/C28H38N4O4S.H2/c1-18-16-26(2,3)32(17-18)24-20(9-8-14-29-24)25(33)31-37(34,35)23-11-7-10-22(30-23)36-21-15-19-12-13-28(21,6)27(19,4)5;/h7-11,14,18-19,21H,12-13,15-17H2,1-6H3,(H,31,33);1H. The van der Waals surface area contributed by atoms with Gasteiger partial charge in [0.05, 0.1) is 5.56 Å². The Hall–Kier alpha value is -2.68. The number of carbonyl (C=O) groups excluding carboxylic acids is 1. The molecule has 3 heterocycles. The number of ether oxygens (including phenoxy) is 1. The monoisotopic (exact) mass is 528 g/mol. The van der Waals surface area contributed by atoms with E-state index in [1.807, 2.05) is 0 Å². The largest absolute Gasteiger partial charge is 0.474 e. The van der Waals surface area contributed by atoms with Gasteiger partial charge in [-0.1, -0.05) is 33.8 Å². The van der Waals surface area contributed by atoms with E-state index in [1.54, 1.807) is 30.5 Å². The quantitative estimate of drug-likeness (QED) is 0.559. The van der Waals surface area contributed by atoms with Crippen molar-refractivity contribution in [2.75, 3.05) is 11.4 Å². The highest BCUT2D eigenvalue weighted by molar-refractivity contribution is 7.90. The molecule has 3 fully saturated rings. The fourth-order valence-corrected chi connectivity index (χ4v) is 7.97. The third-order valence-corrected chi connectivity index (χ3v) is 10.8. The maximum Gasteiger partial charge on any atom is 0.281 e. The second kappa shape index (κ2) is 8.68. The fourth-order valence-electron chi connectivity index (χ4n) is 7.04. The molecule has 9 heteroatoms. The first-order valence-corrected chi connectivity index (χ1v) is 14.7. The minimum atomic E-state index is -4.23. The Morgan fingerprint density at radius 1 is 1.16 bits per heavy atom. The fraction of sp³-hybridized carbons (Fsp3) is 0.607. The number of rotatable bonds is 6. The predicted octanol–water partition coefficient (Wildman–Crippen LogP) is 5.06. The van der Waals surface area contributed by atoms with Crippen molar-refractivity contribution in [3.63, 3.8) is 0 Å². The van der Waals surface area contributed by atoms with Crippen LogP contribution in [0, 0.1) is 22.7 Å². The van der Waals surface area contributed by atoms with Crippen molar-refractivity contribution in [1.29, 1.82) is 0 Å². The number of fused-ring (bicyclic) bond motifs is 2. The molecule has 2 bridgehead atoms. The zero-order valence-corrected chi connectivity index (χ0v) is 23.4. The summed E-state index contributed by atoms with van der Waals surface area (Å²) >= 11 is 0. The Balaban J connectivity index is 0.00000336. The molecular weight excluding hydrogens is 488 g/mol. The summed E-state index contributed by atoms with van der Waals surface area (Å²) in [5.74, 6) is 1.05. The summed E-state index contributed by atoms with van der Waals surface area (Å²) in [4.78, 5) is 24.1. The molecule has 1 amide bonds. The molecule has 37 heavy (non-hydrogen) atoms. The molecule has 5 rings (SSSR count). The maximum absolute atomic E-state index is 13.3. The van der Waals surface area contributed by atoms with E-state index in [1.165, 1.54) is 12.5 Å². The summed E-state index contributed by atoms with van der Waals surface area (Å²) in [5.41, 5.74) is 0.205. The Morgan fingerprint density at radius 2 is 1.92 bits per heavy atom. The lowest BCUT2D eigenvalue weighted by Gasteiger charge is -2.38. The van der Waals surface area contributed by atoms with Gasteiger partial charge in [-0.15, -0.1) is 0 Å². The number of pyridine rings is 2. The highest BCUT2D eigenvalue weighted by atomic mass is 32.2. The number of hydrogen-bond acceptors (Lipinski definition) is 7. The van der Waals surface area contributed by atoms with Crippen LogP contribution in [0.25, 0.3) is 0 Å².